The zero-order chi connectivity index (χ0) is 7.98. The number of rotatable bonds is 4. The van der Waals surface area contributed by atoms with Crippen molar-refractivity contribution >= 4 is 5.97 Å². The van der Waals surface area contributed by atoms with E-state index in [1.807, 2.05) is 20.9 Å². The van der Waals surface area contributed by atoms with Gasteiger partial charge in [0.15, 0.2) is 0 Å². The molecule has 0 aromatic heterocycles. The summed E-state index contributed by atoms with van der Waals surface area (Å²) in [6.07, 6.45) is 0. The summed E-state index contributed by atoms with van der Waals surface area (Å²) in [5.74, 6) is -0.165. The SMILES string of the molecule is CCOC(=O)C(C)CNC. The van der Waals surface area contributed by atoms with Gasteiger partial charge in [-0.1, -0.05) is 6.92 Å². The average molecular weight is 145 g/mol. The van der Waals surface area contributed by atoms with Gasteiger partial charge in [0.05, 0.1) is 12.5 Å². The Morgan fingerprint density at radius 1 is 1.70 bits per heavy atom. The van der Waals surface area contributed by atoms with Crippen LogP contribution in [0, 0.1) is 5.92 Å². The molecule has 0 bridgehead atoms. The fourth-order valence-corrected chi connectivity index (χ4v) is 0.674. The summed E-state index contributed by atoms with van der Waals surface area (Å²) in [6, 6.07) is 0. The van der Waals surface area contributed by atoms with Crippen molar-refractivity contribution in [3.63, 3.8) is 0 Å². The van der Waals surface area contributed by atoms with Gasteiger partial charge in [0, 0.05) is 6.54 Å². The lowest BCUT2D eigenvalue weighted by Crippen LogP contribution is -2.25. The van der Waals surface area contributed by atoms with Crippen molar-refractivity contribution in [2.75, 3.05) is 20.2 Å². The number of carbonyl (C=O) groups is 1. The first-order valence-corrected chi connectivity index (χ1v) is 3.53. The Bertz CT molecular complexity index is 104. The number of esters is 1. The van der Waals surface area contributed by atoms with Crippen molar-refractivity contribution in [3.8, 4) is 0 Å². The smallest absolute Gasteiger partial charge is 0.309 e. The lowest BCUT2D eigenvalue weighted by molar-refractivity contribution is -0.147. The third-order valence-corrected chi connectivity index (χ3v) is 1.20. The van der Waals surface area contributed by atoms with Gasteiger partial charge in [0.1, 0.15) is 0 Å². The summed E-state index contributed by atoms with van der Waals surface area (Å²) in [5.41, 5.74) is 0. The lowest BCUT2D eigenvalue weighted by atomic mass is 10.2. The van der Waals surface area contributed by atoms with Crippen LogP contribution in [0.2, 0.25) is 0 Å². The molecule has 1 atom stereocenters. The summed E-state index contributed by atoms with van der Waals surface area (Å²) in [7, 11) is 1.82. The minimum absolute atomic E-state index is 0.0371. The van der Waals surface area contributed by atoms with Crippen molar-refractivity contribution in [1.82, 2.24) is 5.32 Å². The molecule has 3 heteroatoms. The van der Waals surface area contributed by atoms with Gasteiger partial charge >= 0.3 is 5.97 Å². The molecule has 1 N–H and O–H groups in total. The first-order valence-electron chi connectivity index (χ1n) is 3.53. The van der Waals surface area contributed by atoms with E-state index in [-0.39, 0.29) is 11.9 Å². The van der Waals surface area contributed by atoms with Crippen LogP contribution in [0.5, 0.6) is 0 Å². The molecule has 0 aliphatic carbocycles. The predicted molar refractivity (Wildman–Crippen MR) is 39.7 cm³/mol. The van der Waals surface area contributed by atoms with Crippen LogP contribution in [0.25, 0.3) is 0 Å². The maximum atomic E-state index is 10.9. The third kappa shape index (κ3) is 3.45. The second-order valence-electron chi connectivity index (χ2n) is 2.21. The highest BCUT2D eigenvalue weighted by atomic mass is 16.5. The second kappa shape index (κ2) is 5.23. The Labute approximate surface area is 61.8 Å². The van der Waals surface area contributed by atoms with Crippen molar-refractivity contribution in [2.45, 2.75) is 13.8 Å². The van der Waals surface area contributed by atoms with E-state index in [1.54, 1.807) is 0 Å². The summed E-state index contributed by atoms with van der Waals surface area (Å²) in [5, 5.41) is 2.91. The molecule has 0 amide bonds. The maximum Gasteiger partial charge on any atom is 0.309 e. The van der Waals surface area contributed by atoms with Crippen LogP contribution in [0.1, 0.15) is 13.8 Å². The molecule has 0 aliphatic rings. The summed E-state index contributed by atoms with van der Waals surface area (Å²) >= 11 is 0. The molecule has 0 radical (unpaired) electrons. The monoisotopic (exact) mass is 145 g/mol. The van der Waals surface area contributed by atoms with Gasteiger partial charge in [-0.3, -0.25) is 4.79 Å². The van der Waals surface area contributed by atoms with Crippen LogP contribution in [-0.4, -0.2) is 26.2 Å². The molecule has 0 aromatic rings. The average Bonchev–Trinajstić information content (AvgIpc) is 1.89. The van der Waals surface area contributed by atoms with Gasteiger partial charge in [-0.05, 0) is 14.0 Å². The maximum absolute atomic E-state index is 10.9. The molecule has 0 aliphatic heterocycles. The normalized spacial score (nSPS) is 12.7. The fourth-order valence-electron chi connectivity index (χ4n) is 0.674. The third-order valence-electron chi connectivity index (χ3n) is 1.20. The molecule has 60 valence electrons. The molecule has 0 heterocycles. The molecule has 0 saturated heterocycles. The minimum Gasteiger partial charge on any atom is -0.466 e. The van der Waals surface area contributed by atoms with Crippen LogP contribution >= 0.6 is 0 Å². The van der Waals surface area contributed by atoms with Gasteiger partial charge < -0.3 is 10.1 Å². The fraction of sp³-hybridized carbons (Fsp3) is 0.857. The van der Waals surface area contributed by atoms with Crippen LogP contribution < -0.4 is 5.32 Å². The van der Waals surface area contributed by atoms with Crippen LogP contribution in [0.3, 0.4) is 0 Å². The summed E-state index contributed by atoms with van der Waals surface area (Å²) < 4.78 is 4.78. The van der Waals surface area contributed by atoms with Crippen LogP contribution in [-0.2, 0) is 9.53 Å². The van der Waals surface area contributed by atoms with Gasteiger partial charge in [-0.25, -0.2) is 0 Å². The van der Waals surface area contributed by atoms with Crippen molar-refractivity contribution < 1.29 is 9.53 Å². The molecule has 1 unspecified atom stereocenters. The van der Waals surface area contributed by atoms with Gasteiger partial charge in [-0.15, -0.1) is 0 Å². The molecule has 3 nitrogen and oxygen atoms in total. The van der Waals surface area contributed by atoms with Gasteiger partial charge in [0.25, 0.3) is 0 Å². The molecule has 0 fully saturated rings. The predicted octanol–water partition coefficient (Wildman–Crippen LogP) is 0.405. The highest BCUT2D eigenvalue weighted by Gasteiger charge is 2.11. The molecule has 0 saturated carbocycles. The Hall–Kier alpha value is -0.570. The van der Waals surface area contributed by atoms with Gasteiger partial charge in [-0.2, -0.15) is 0 Å². The summed E-state index contributed by atoms with van der Waals surface area (Å²) in [4.78, 5) is 10.9. The quantitative estimate of drug-likeness (QED) is 0.582. The Morgan fingerprint density at radius 2 is 2.30 bits per heavy atom. The molecular formula is C7H15NO2. The van der Waals surface area contributed by atoms with Crippen LogP contribution in [0.15, 0.2) is 0 Å². The largest absolute Gasteiger partial charge is 0.466 e. The standard InChI is InChI=1S/C7H15NO2/c1-4-10-7(9)6(2)5-8-3/h6,8H,4-5H2,1-3H3. The second-order valence-corrected chi connectivity index (χ2v) is 2.21. The topological polar surface area (TPSA) is 38.3 Å². The van der Waals surface area contributed by atoms with Crippen LogP contribution in [0.4, 0.5) is 0 Å². The van der Waals surface area contributed by atoms with Crippen molar-refractivity contribution in [1.29, 1.82) is 0 Å². The molecule has 0 rings (SSSR count). The van der Waals surface area contributed by atoms with E-state index in [9.17, 15) is 4.79 Å². The number of hydrogen-bond acceptors (Lipinski definition) is 3. The zero-order valence-electron chi connectivity index (χ0n) is 6.81. The van der Waals surface area contributed by atoms with E-state index >= 15 is 0 Å². The van der Waals surface area contributed by atoms with E-state index in [2.05, 4.69) is 5.32 Å². The minimum atomic E-state index is -0.128. The first-order chi connectivity index (χ1) is 4.72. The Morgan fingerprint density at radius 3 is 2.70 bits per heavy atom. The van der Waals surface area contributed by atoms with E-state index < -0.39 is 0 Å². The molecule has 0 spiro atoms. The number of ether oxygens (including phenoxy) is 1. The van der Waals surface area contributed by atoms with E-state index in [0.29, 0.717) is 13.2 Å². The van der Waals surface area contributed by atoms with Gasteiger partial charge in [0.2, 0.25) is 0 Å². The summed E-state index contributed by atoms with van der Waals surface area (Å²) in [6.45, 7) is 4.80. The number of nitrogens with one attached hydrogen (secondary N) is 1. The van der Waals surface area contributed by atoms with E-state index in [0.717, 1.165) is 0 Å². The van der Waals surface area contributed by atoms with Crippen molar-refractivity contribution in [2.24, 2.45) is 5.92 Å². The molecule has 0 aromatic carbocycles. The molecule has 10 heavy (non-hydrogen) atoms. The van der Waals surface area contributed by atoms with E-state index in [1.165, 1.54) is 0 Å². The Kier molecular flexibility index (Phi) is 4.94. The first kappa shape index (κ1) is 9.43. The molecular weight excluding hydrogens is 130 g/mol. The Balaban J connectivity index is 3.49. The van der Waals surface area contributed by atoms with Crippen molar-refractivity contribution in [3.05, 3.63) is 0 Å². The van der Waals surface area contributed by atoms with E-state index in [4.69, 9.17) is 4.74 Å². The zero-order valence-corrected chi connectivity index (χ0v) is 6.81. The number of carbonyl (C=O) groups excluding carboxylic acids is 1. The highest BCUT2D eigenvalue weighted by molar-refractivity contribution is 5.72. The lowest BCUT2D eigenvalue weighted by Gasteiger charge is -2.08. The number of hydrogen-bond donors (Lipinski definition) is 1. The highest BCUT2D eigenvalue weighted by Crippen LogP contribution is 1.95.